The molecule has 0 atom stereocenters. The van der Waals surface area contributed by atoms with Crippen LogP contribution >= 0.6 is 0 Å². The molecule has 0 aliphatic heterocycles. The van der Waals surface area contributed by atoms with Gasteiger partial charge in [0.1, 0.15) is 5.56 Å². The van der Waals surface area contributed by atoms with E-state index in [4.69, 9.17) is 9.66 Å². The molecule has 86 valence electrons. The van der Waals surface area contributed by atoms with Crippen molar-refractivity contribution in [3.63, 3.8) is 0 Å². The highest BCUT2D eigenvalue weighted by atomic mass is 32.2. The average Bonchev–Trinajstić information content (AvgIpc) is 2.15. The van der Waals surface area contributed by atoms with E-state index in [0.717, 1.165) is 6.07 Å². The van der Waals surface area contributed by atoms with E-state index in [-0.39, 0.29) is 0 Å². The number of carbonyl (C=O) groups is 1. The summed E-state index contributed by atoms with van der Waals surface area (Å²) in [5.41, 5.74) is -1.56. The minimum atomic E-state index is -4.59. The third-order valence-electron chi connectivity index (χ3n) is 1.69. The molecular weight excluding hydrogens is 242 g/mol. The van der Waals surface area contributed by atoms with Crippen LogP contribution in [0.1, 0.15) is 10.4 Å². The molecule has 1 aromatic rings. The van der Waals surface area contributed by atoms with Gasteiger partial charge in [0.15, 0.2) is 0 Å². The van der Waals surface area contributed by atoms with E-state index in [1.807, 2.05) is 0 Å². The highest BCUT2D eigenvalue weighted by Gasteiger charge is 2.23. The van der Waals surface area contributed by atoms with Crippen molar-refractivity contribution in [2.45, 2.75) is 4.90 Å². The first-order chi connectivity index (χ1) is 7.23. The zero-order chi connectivity index (χ0) is 12.5. The maximum Gasteiger partial charge on any atom is 0.342 e. The number of hydrogen-bond acceptors (Lipinski definition) is 5. The highest BCUT2D eigenvalue weighted by Crippen LogP contribution is 2.22. The molecule has 0 heterocycles. The van der Waals surface area contributed by atoms with Gasteiger partial charge < -0.3 is 5.11 Å². The minimum absolute atomic E-state index is 0.524. The number of benzene rings is 1. The molecule has 0 aromatic heterocycles. The van der Waals surface area contributed by atoms with E-state index in [1.54, 1.807) is 0 Å². The Morgan fingerprint density at radius 3 is 2.31 bits per heavy atom. The Balaban J connectivity index is 3.52. The Bertz CT molecular complexity index is 562. The molecular formula is C7H5NO7S. The van der Waals surface area contributed by atoms with E-state index >= 15 is 0 Å². The normalized spacial score (nSPS) is 11.1. The SMILES string of the molecule is O=C(O)c1cc(S(=O)(=O)O)ccc1[N+](=O)[O-]. The van der Waals surface area contributed by atoms with Crippen LogP contribution in [0, 0.1) is 10.1 Å². The number of hydrogen-bond donors (Lipinski definition) is 2. The van der Waals surface area contributed by atoms with Crippen molar-refractivity contribution in [2.75, 3.05) is 0 Å². The summed E-state index contributed by atoms with van der Waals surface area (Å²) in [6.45, 7) is 0. The molecule has 0 aliphatic rings. The standard InChI is InChI=1S/C7H5NO7S/c9-7(10)5-3-4(16(13,14)15)1-2-6(5)8(11)12/h1-3H,(H,9,10)(H,13,14,15). The van der Waals surface area contributed by atoms with E-state index < -0.39 is 37.2 Å². The van der Waals surface area contributed by atoms with Crippen molar-refractivity contribution in [1.29, 1.82) is 0 Å². The molecule has 2 N–H and O–H groups in total. The third-order valence-corrected chi connectivity index (χ3v) is 2.54. The monoisotopic (exact) mass is 247 g/mol. The average molecular weight is 247 g/mol. The fraction of sp³-hybridized carbons (Fsp3) is 0. The lowest BCUT2D eigenvalue weighted by atomic mass is 10.2. The summed E-state index contributed by atoms with van der Waals surface area (Å²) in [4.78, 5) is 19.4. The molecule has 1 aromatic carbocycles. The van der Waals surface area contributed by atoms with Crippen molar-refractivity contribution in [2.24, 2.45) is 0 Å². The van der Waals surface area contributed by atoms with Gasteiger partial charge in [-0.1, -0.05) is 0 Å². The zero-order valence-corrected chi connectivity index (χ0v) is 8.34. The topological polar surface area (TPSA) is 135 Å². The molecule has 0 fully saturated rings. The summed E-state index contributed by atoms with van der Waals surface area (Å²) in [7, 11) is -4.59. The Morgan fingerprint density at radius 2 is 1.94 bits per heavy atom. The summed E-state index contributed by atoms with van der Waals surface area (Å²) in [6.07, 6.45) is 0. The van der Waals surface area contributed by atoms with Crippen molar-refractivity contribution < 1.29 is 27.8 Å². The van der Waals surface area contributed by atoms with Crippen molar-refractivity contribution in [1.82, 2.24) is 0 Å². The molecule has 0 amide bonds. The van der Waals surface area contributed by atoms with Crippen LogP contribution in [-0.4, -0.2) is 29.0 Å². The molecule has 0 aliphatic carbocycles. The molecule has 0 saturated carbocycles. The minimum Gasteiger partial charge on any atom is -0.477 e. The fourth-order valence-electron chi connectivity index (χ4n) is 1.01. The van der Waals surface area contributed by atoms with Crippen LogP contribution in [0.3, 0.4) is 0 Å². The second-order valence-electron chi connectivity index (χ2n) is 2.72. The number of nitro groups is 1. The summed E-state index contributed by atoms with van der Waals surface area (Å²) in [6, 6.07) is 1.97. The third kappa shape index (κ3) is 2.32. The largest absolute Gasteiger partial charge is 0.477 e. The van der Waals surface area contributed by atoms with Gasteiger partial charge in [-0.15, -0.1) is 0 Å². The van der Waals surface area contributed by atoms with Crippen LogP contribution in [0.5, 0.6) is 0 Å². The van der Waals surface area contributed by atoms with Crippen LogP contribution in [0.4, 0.5) is 5.69 Å². The Hall–Kier alpha value is -2.00. The van der Waals surface area contributed by atoms with Gasteiger partial charge in [-0.25, -0.2) is 4.79 Å². The summed E-state index contributed by atoms with van der Waals surface area (Å²) in [5.74, 6) is -1.66. The van der Waals surface area contributed by atoms with Gasteiger partial charge in [-0.3, -0.25) is 14.7 Å². The van der Waals surface area contributed by atoms with E-state index in [2.05, 4.69) is 0 Å². The van der Waals surface area contributed by atoms with Gasteiger partial charge in [-0.05, 0) is 12.1 Å². The van der Waals surface area contributed by atoms with Gasteiger partial charge in [0, 0.05) is 6.07 Å². The van der Waals surface area contributed by atoms with Gasteiger partial charge in [-0.2, -0.15) is 8.42 Å². The lowest BCUT2D eigenvalue weighted by Crippen LogP contribution is -2.06. The summed E-state index contributed by atoms with van der Waals surface area (Å²) < 4.78 is 30.0. The lowest BCUT2D eigenvalue weighted by Gasteiger charge is -2.00. The van der Waals surface area contributed by atoms with Crippen LogP contribution in [0.25, 0.3) is 0 Å². The molecule has 0 unspecified atom stereocenters. The lowest BCUT2D eigenvalue weighted by molar-refractivity contribution is -0.385. The maximum absolute atomic E-state index is 10.7. The zero-order valence-electron chi connectivity index (χ0n) is 7.52. The van der Waals surface area contributed by atoms with Crippen LogP contribution < -0.4 is 0 Å². The molecule has 0 bridgehead atoms. The number of carboxylic acids is 1. The summed E-state index contributed by atoms with van der Waals surface area (Å²) >= 11 is 0. The Kier molecular flexibility index (Phi) is 2.92. The first-order valence-electron chi connectivity index (χ1n) is 3.72. The molecule has 0 radical (unpaired) electrons. The smallest absolute Gasteiger partial charge is 0.342 e. The second-order valence-corrected chi connectivity index (χ2v) is 4.14. The van der Waals surface area contributed by atoms with Crippen LogP contribution in [0.15, 0.2) is 23.1 Å². The van der Waals surface area contributed by atoms with Crippen LogP contribution in [-0.2, 0) is 10.1 Å². The van der Waals surface area contributed by atoms with Crippen molar-refractivity contribution >= 4 is 21.8 Å². The van der Waals surface area contributed by atoms with E-state index in [0.29, 0.717) is 12.1 Å². The van der Waals surface area contributed by atoms with E-state index in [1.165, 1.54) is 0 Å². The highest BCUT2D eigenvalue weighted by molar-refractivity contribution is 7.85. The predicted molar refractivity (Wildman–Crippen MR) is 49.9 cm³/mol. The summed E-state index contributed by atoms with van der Waals surface area (Å²) in [5, 5.41) is 19.0. The molecule has 8 nitrogen and oxygen atoms in total. The van der Waals surface area contributed by atoms with Crippen LogP contribution in [0.2, 0.25) is 0 Å². The molecule has 16 heavy (non-hydrogen) atoms. The first kappa shape index (κ1) is 12.1. The van der Waals surface area contributed by atoms with Gasteiger partial charge in [0.2, 0.25) is 0 Å². The van der Waals surface area contributed by atoms with Gasteiger partial charge in [0.05, 0.1) is 9.82 Å². The molecule has 0 spiro atoms. The molecule has 0 saturated heterocycles. The predicted octanol–water partition coefficient (Wildman–Crippen LogP) is 0.540. The number of nitrogens with zero attached hydrogens (tertiary/aromatic N) is 1. The Morgan fingerprint density at radius 1 is 1.38 bits per heavy atom. The number of carboxylic acid groups (broad SMARTS) is 1. The number of rotatable bonds is 3. The second kappa shape index (κ2) is 3.87. The van der Waals surface area contributed by atoms with E-state index in [9.17, 15) is 23.3 Å². The van der Waals surface area contributed by atoms with Crippen molar-refractivity contribution in [3.05, 3.63) is 33.9 Å². The molecule has 1 rings (SSSR count). The van der Waals surface area contributed by atoms with Gasteiger partial charge in [0.25, 0.3) is 15.8 Å². The first-order valence-corrected chi connectivity index (χ1v) is 5.16. The van der Waals surface area contributed by atoms with Crippen molar-refractivity contribution in [3.8, 4) is 0 Å². The number of nitro benzene ring substituents is 1. The Labute approximate surface area is 89.0 Å². The molecule has 9 heteroatoms. The van der Waals surface area contributed by atoms with Gasteiger partial charge >= 0.3 is 5.97 Å². The number of aromatic carboxylic acids is 1. The quantitative estimate of drug-likeness (QED) is 0.452. The maximum atomic E-state index is 10.7. The fourth-order valence-corrected chi connectivity index (χ4v) is 1.51.